The summed E-state index contributed by atoms with van der Waals surface area (Å²) >= 11 is 0. The molecular formula is C63H40N2O. The second kappa shape index (κ2) is 14.2. The molecule has 1 heterocycles. The Hall–Kier alpha value is -8.66. The fraction of sp³-hybridized carbons (Fsp3) is 0.0159. The molecule has 0 atom stereocenters. The zero-order chi connectivity index (χ0) is 43.3. The predicted molar refractivity (Wildman–Crippen MR) is 274 cm³/mol. The minimum absolute atomic E-state index is 0.615. The van der Waals surface area contributed by atoms with Crippen LogP contribution in [0.15, 0.2) is 247 Å². The Balaban J connectivity index is 1.13. The highest BCUT2D eigenvalue weighted by atomic mass is 16.3. The first kappa shape index (κ1) is 36.8. The molecule has 0 bridgehead atoms. The summed E-state index contributed by atoms with van der Waals surface area (Å²) in [5.74, 6) is 0. The van der Waals surface area contributed by atoms with Gasteiger partial charge in [0.2, 0.25) is 0 Å². The van der Waals surface area contributed by atoms with E-state index >= 15 is 0 Å². The van der Waals surface area contributed by atoms with E-state index in [9.17, 15) is 0 Å². The van der Waals surface area contributed by atoms with Crippen LogP contribution >= 0.6 is 0 Å². The van der Waals surface area contributed by atoms with Gasteiger partial charge in [0.1, 0.15) is 11.2 Å². The zero-order valence-electron chi connectivity index (χ0n) is 35.9. The number of benzene rings is 11. The van der Waals surface area contributed by atoms with E-state index in [0.717, 1.165) is 61.4 Å². The summed E-state index contributed by atoms with van der Waals surface area (Å²) in [5.41, 5.74) is 18.1. The number of furan rings is 1. The Bertz CT molecular complexity index is 3750. The fourth-order valence-corrected chi connectivity index (χ4v) is 11.5. The molecule has 2 aliphatic carbocycles. The summed E-state index contributed by atoms with van der Waals surface area (Å²) in [6.45, 7) is 0. The molecule has 0 N–H and O–H groups in total. The number of anilines is 6. The molecule has 11 aromatic carbocycles. The second-order valence-electron chi connectivity index (χ2n) is 17.6. The normalized spacial score (nSPS) is 13.0. The molecule has 0 fully saturated rings. The molecule has 308 valence electrons. The number of hydrogen-bond acceptors (Lipinski definition) is 3. The highest BCUT2D eigenvalue weighted by molar-refractivity contribution is 6.19. The first-order valence-electron chi connectivity index (χ1n) is 22.7. The van der Waals surface area contributed by atoms with Crippen LogP contribution in [-0.2, 0) is 5.41 Å². The lowest BCUT2D eigenvalue weighted by atomic mass is 9.70. The van der Waals surface area contributed by atoms with Crippen LogP contribution in [0, 0.1) is 0 Å². The smallest absolute Gasteiger partial charge is 0.136 e. The second-order valence-corrected chi connectivity index (χ2v) is 17.6. The topological polar surface area (TPSA) is 19.6 Å². The molecule has 1 aromatic heterocycles. The van der Waals surface area contributed by atoms with E-state index in [2.05, 4.69) is 252 Å². The minimum atomic E-state index is -0.615. The molecule has 2 aliphatic rings. The predicted octanol–water partition coefficient (Wildman–Crippen LogP) is 17.2. The lowest BCUT2D eigenvalue weighted by Crippen LogP contribution is -2.26. The first-order chi connectivity index (χ1) is 32.7. The van der Waals surface area contributed by atoms with Crippen LogP contribution in [0.2, 0.25) is 0 Å². The average molecular weight is 841 g/mol. The number of hydrogen-bond donors (Lipinski definition) is 0. The van der Waals surface area contributed by atoms with E-state index in [0.29, 0.717) is 0 Å². The van der Waals surface area contributed by atoms with Gasteiger partial charge in [-0.25, -0.2) is 0 Å². The highest BCUT2D eigenvalue weighted by Crippen LogP contribution is 2.65. The maximum Gasteiger partial charge on any atom is 0.136 e. The number of fused-ring (bicyclic) bond motifs is 16. The molecule has 0 saturated carbocycles. The van der Waals surface area contributed by atoms with Crippen LogP contribution < -0.4 is 9.80 Å². The van der Waals surface area contributed by atoms with Gasteiger partial charge in [0.15, 0.2) is 0 Å². The maximum absolute atomic E-state index is 6.71. The molecular weight excluding hydrogens is 801 g/mol. The van der Waals surface area contributed by atoms with Gasteiger partial charge in [0.25, 0.3) is 0 Å². The van der Waals surface area contributed by atoms with Crippen molar-refractivity contribution in [1.29, 1.82) is 0 Å². The van der Waals surface area contributed by atoms with E-state index in [4.69, 9.17) is 4.42 Å². The minimum Gasteiger partial charge on any atom is -0.456 e. The quantitative estimate of drug-likeness (QED) is 0.166. The Morgan fingerprint density at radius 1 is 0.288 bits per heavy atom. The molecule has 0 saturated heterocycles. The summed E-state index contributed by atoms with van der Waals surface area (Å²) in [6, 6.07) is 88.9. The summed E-state index contributed by atoms with van der Waals surface area (Å²) in [7, 11) is 0. The third-order valence-electron chi connectivity index (χ3n) is 14.2. The van der Waals surface area contributed by atoms with Crippen LogP contribution in [0.3, 0.4) is 0 Å². The van der Waals surface area contributed by atoms with Crippen molar-refractivity contribution in [3.8, 4) is 22.3 Å². The molecule has 0 unspecified atom stereocenters. The van der Waals surface area contributed by atoms with Crippen molar-refractivity contribution < 1.29 is 4.42 Å². The molecule has 3 heteroatoms. The summed E-state index contributed by atoms with van der Waals surface area (Å²) in [6.07, 6.45) is 0. The summed E-state index contributed by atoms with van der Waals surface area (Å²) in [5, 5.41) is 6.96. The van der Waals surface area contributed by atoms with Gasteiger partial charge in [-0.05, 0) is 158 Å². The van der Waals surface area contributed by atoms with Gasteiger partial charge in [0, 0.05) is 44.6 Å². The zero-order valence-corrected chi connectivity index (χ0v) is 35.9. The van der Waals surface area contributed by atoms with Crippen molar-refractivity contribution >= 4 is 77.6 Å². The third kappa shape index (κ3) is 5.20. The van der Waals surface area contributed by atoms with E-state index in [1.807, 2.05) is 0 Å². The Kier molecular flexibility index (Phi) is 7.90. The Morgan fingerprint density at radius 2 is 0.833 bits per heavy atom. The van der Waals surface area contributed by atoms with Crippen LogP contribution in [0.1, 0.15) is 22.3 Å². The van der Waals surface area contributed by atoms with Gasteiger partial charge in [0.05, 0.1) is 11.1 Å². The van der Waals surface area contributed by atoms with Crippen LogP contribution in [0.4, 0.5) is 34.1 Å². The molecule has 3 nitrogen and oxygen atoms in total. The lowest BCUT2D eigenvalue weighted by Gasteiger charge is -2.33. The maximum atomic E-state index is 6.71. The van der Waals surface area contributed by atoms with E-state index in [1.54, 1.807) is 0 Å². The Labute approximate surface area is 382 Å². The van der Waals surface area contributed by atoms with Crippen molar-refractivity contribution in [3.63, 3.8) is 0 Å². The fourth-order valence-electron chi connectivity index (χ4n) is 11.5. The molecule has 0 amide bonds. The van der Waals surface area contributed by atoms with Crippen LogP contribution in [-0.4, -0.2) is 0 Å². The number of para-hydroxylation sites is 5. The first-order valence-corrected chi connectivity index (χ1v) is 22.7. The Morgan fingerprint density at radius 3 is 1.45 bits per heavy atom. The number of nitrogens with zero attached hydrogens (tertiary/aromatic N) is 2. The van der Waals surface area contributed by atoms with E-state index < -0.39 is 5.41 Å². The van der Waals surface area contributed by atoms with Gasteiger partial charge < -0.3 is 14.2 Å². The highest BCUT2D eigenvalue weighted by Gasteiger charge is 2.52. The molecule has 0 aliphatic heterocycles. The van der Waals surface area contributed by atoms with E-state index in [1.165, 1.54) is 60.7 Å². The summed E-state index contributed by atoms with van der Waals surface area (Å²) in [4.78, 5) is 4.80. The van der Waals surface area contributed by atoms with E-state index in [-0.39, 0.29) is 0 Å². The van der Waals surface area contributed by atoms with Crippen molar-refractivity contribution in [2.45, 2.75) is 5.41 Å². The van der Waals surface area contributed by atoms with Gasteiger partial charge >= 0.3 is 0 Å². The van der Waals surface area contributed by atoms with Gasteiger partial charge in [-0.15, -0.1) is 0 Å². The lowest BCUT2D eigenvalue weighted by molar-refractivity contribution is 0.669. The largest absolute Gasteiger partial charge is 0.456 e. The molecule has 66 heavy (non-hydrogen) atoms. The molecule has 0 radical (unpaired) electrons. The standard InChI is InChI=1S/C63H40N2O/c1-5-19-43(20-6-1)64(44-21-7-2-8-22-44)47-34-33-41-36-54-57(37-42(41)35-47)63(55-30-16-13-27-48(55)49-28-14-17-31-56(49)63)58-40-59(65(45-23-9-3-10-24-45)46-25-11-4-12-26-46)51-39-61-52(38-53(51)62(54)58)50-29-15-18-32-60(50)66-61/h1-40H. The summed E-state index contributed by atoms with van der Waals surface area (Å²) < 4.78 is 6.71. The van der Waals surface area contributed by atoms with Crippen molar-refractivity contribution in [2.24, 2.45) is 0 Å². The SMILES string of the molecule is c1ccc(N(c2ccccc2)c2ccc3cc4c(cc3c2)C2(c3ccccc3-c3ccccc32)c2cc(N(c3ccccc3)c3ccccc3)c3cc5oc6ccccc6c5cc3c2-4)cc1. The van der Waals surface area contributed by atoms with Crippen LogP contribution in [0.25, 0.3) is 65.7 Å². The van der Waals surface area contributed by atoms with Gasteiger partial charge in [-0.3, -0.25) is 0 Å². The third-order valence-corrected chi connectivity index (χ3v) is 14.2. The molecule has 14 rings (SSSR count). The molecule has 1 spiro atoms. The van der Waals surface area contributed by atoms with Crippen molar-refractivity contribution in [2.75, 3.05) is 9.80 Å². The average Bonchev–Trinajstić information content (AvgIpc) is 4.00. The van der Waals surface area contributed by atoms with Crippen molar-refractivity contribution in [1.82, 2.24) is 0 Å². The number of rotatable bonds is 6. The van der Waals surface area contributed by atoms with Gasteiger partial charge in [-0.2, -0.15) is 0 Å². The monoisotopic (exact) mass is 840 g/mol. The molecule has 12 aromatic rings. The van der Waals surface area contributed by atoms with Gasteiger partial charge in [-0.1, -0.05) is 146 Å². The van der Waals surface area contributed by atoms with Crippen molar-refractivity contribution in [3.05, 3.63) is 265 Å². The van der Waals surface area contributed by atoms with Crippen LogP contribution in [0.5, 0.6) is 0 Å².